The van der Waals surface area contributed by atoms with Crippen LogP contribution < -0.4 is 31.2 Å². The largest absolute Gasteiger partial charge is 0.464 e. The molecule has 25 heavy (non-hydrogen) atoms. The summed E-state index contributed by atoms with van der Waals surface area (Å²) < 4.78 is 5.76. The van der Waals surface area contributed by atoms with Gasteiger partial charge in [-0.25, -0.2) is 10.4 Å². The summed E-state index contributed by atoms with van der Waals surface area (Å²) in [7, 11) is 5.16. The van der Waals surface area contributed by atoms with Gasteiger partial charge in [0.15, 0.2) is 0 Å². The maximum Gasteiger partial charge on any atom is 0.298 e. The average Bonchev–Trinajstić information content (AvgIpc) is 2.66. The number of anilines is 2. The molecule has 1 aromatic rings. The maximum atomic E-state index is 12.5. The number of ether oxygens (including phenoxy) is 1. The van der Waals surface area contributed by atoms with Crippen LogP contribution in [0.3, 0.4) is 0 Å². The van der Waals surface area contributed by atoms with Crippen molar-refractivity contribution in [2.24, 2.45) is 5.10 Å². The third-order valence-electron chi connectivity index (χ3n) is 4.32. The van der Waals surface area contributed by atoms with Gasteiger partial charge in [0.1, 0.15) is 17.7 Å². The molecule has 0 aromatic heterocycles. The normalized spacial score (nSPS) is 22.4. The van der Waals surface area contributed by atoms with E-state index in [0.717, 1.165) is 23.2 Å². The predicted octanol–water partition coefficient (Wildman–Crippen LogP) is -0.211. The fourth-order valence-corrected chi connectivity index (χ4v) is 2.98. The molecule has 2 unspecified atom stereocenters. The average molecular weight is 346 g/mol. The van der Waals surface area contributed by atoms with Crippen LogP contribution in [0.4, 0.5) is 11.4 Å². The fraction of sp³-hybridized carbons (Fsp3) is 0.438. The number of likely N-dealkylation sites (N-methyl/N-ethyl adjacent to an activating group) is 1. The summed E-state index contributed by atoms with van der Waals surface area (Å²) >= 11 is 0. The van der Waals surface area contributed by atoms with Gasteiger partial charge in [0.25, 0.3) is 5.91 Å². The minimum Gasteiger partial charge on any atom is -0.464 e. The number of nitrogens with one attached hydrogen (secondary N) is 4. The first-order chi connectivity index (χ1) is 12.1. The topological polar surface area (TPSA) is 107 Å². The lowest BCUT2D eigenvalue weighted by Crippen LogP contribution is -2.55. The Kier molecular flexibility index (Phi) is 4.86. The monoisotopic (exact) mass is 346 g/mol. The molecule has 2 atom stereocenters. The summed E-state index contributed by atoms with van der Waals surface area (Å²) in [6, 6.07) is 3.46. The van der Waals surface area contributed by atoms with Gasteiger partial charge in [-0.1, -0.05) is 0 Å². The molecule has 0 spiro atoms. The molecule has 0 aliphatic carbocycles. The molecule has 1 amide bonds. The van der Waals surface area contributed by atoms with Crippen molar-refractivity contribution in [1.29, 1.82) is 0 Å². The second-order valence-corrected chi connectivity index (χ2v) is 5.77. The van der Waals surface area contributed by atoms with Crippen LogP contribution in [0, 0.1) is 0 Å². The summed E-state index contributed by atoms with van der Waals surface area (Å²) in [5, 5.41) is 11.8. The fourth-order valence-electron chi connectivity index (χ4n) is 2.98. The zero-order valence-corrected chi connectivity index (χ0v) is 14.4. The van der Waals surface area contributed by atoms with Crippen LogP contribution in [0.2, 0.25) is 0 Å². The van der Waals surface area contributed by atoms with Crippen LogP contribution in [-0.4, -0.2) is 51.3 Å². The van der Waals surface area contributed by atoms with Gasteiger partial charge in [-0.3, -0.25) is 15.5 Å². The van der Waals surface area contributed by atoms with Gasteiger partial charge in [0.2, 0.25) is 6.23 Å². The SMILES string of the molecule is CNc1cc2c(cc1C1=NNC(C=O)CC1)N(NC)C(=O)C(NC)O2. The highest BCUT2D eigenvalue weighted by atomic mass is 16.5. The molecule has 2 heterocycles. The Bertz CT molecular complexity index is 720. The minimum absolute atomic E-state index is 0.231. The van der Waals surface area contributed by atoms with Gasteiger partial charge in [0, 0.05) is 31.4 Å². The zero-order chi connectivity index (χ0) is 18.0. The van der Waals surface area contributed by atoms with E-state index in [1.807, 2.05) is 19.2 Å². The smallest absolute Gasteiger partial charge is 0.298 e. The lowest BCUT2D eigenvalue weighted by Gasteiger charge is -2.34. The zero-order valence-electron chi connectivity index (χ0n) is 14.4. The molecule has 0 saturated heterocycles. The number of benzene rings is 1. The highest BCUT2D eigenvalue weighted by Gasteiger charge is 2.34. The van der Waals surface area contributed by atoms with Crippen molar-refractivity contribution < 1.29 is 14.3 Å². The van der Waals surface area contributed by atoms with Crippen LogP contribution in [-0.2, 0) is 9.59 Å². The van der Waals surface area contributed by atoms with Gasteiger partial charge >= 0.3 is 0 Å². The van der Waals surface area contributed by atoms with Crippen molar-refractivity contribution in [1.82, 2.24) is 16.2 Å². The first kappa shape index (κ1) is 17.2. The Morgan fingerprint density at radius 1 is 1.36 bits per heavy atom. The number of rotatable bonds is 5. The van der Waals surface area contributed by atoms with Crippen molar-refractivity contribution >= 4 is 29.3 Å². The summed E-state index contributed by atoms with van der Waals surface area (Å²) in [5.74, 6) is 0.349. The molecular formula is C16H22N6O3. The lowest BCUT2D eigenvalue weighted by molar-refractivity contribution is -0.128. The van der Waals surface area contributed by atoms with Crippen LogP contribution >= 0.6 is 0 Å². The first-order valence-corrected chi connectivity index (χ1v) is 8.11. The summed E-state index contributed by atoms with van der Waals surface area (Å²) in [4.78, 5) is 23.3. The molecule has 4 N–H and O–H groups in total. The second kappa shape index (κ2) is 7.08. The summed E-state index contributed by atoms with van der Waals surface area (Å²) in [6.07, 6.45) is 1.45. The highest BCUT2D eigenvalue weighted by Crippen LogP contribution is 2.38. The number of carbonyl (C=O) groups is 2. The molecule has 134 valence electrons. The van der Waals surface area contributed by atoms with E-state index >= 15 is 0 Å². The quantitative estimate of drug-likeness (QED) is 0.547. The molecule has 2 aliphatic rings. The number of hydrazone groups is 1. The lowest BCUT2D eigenvalue weighted by atomic mass is 9.98. The van der Waals surface area contributed by atoms with Gasteiger partial charge < -0.3 is 14.8 Å². The van der Waals surface area contributed by atoms with Gasteiger partial charge in [-0.15, -0.1) is 0 Å². The number of aldehydes is 1. The van der Waals surface area contributed by atoms with Crippen molar-refractivity contribution in [3.63, 3.8) is 0 Å². The number of hydrogen-bond acceptors (Lipinski definition) is 8. The summed E-state index contributed by atoms with van der Waals surface area (Å²) in [5.41, 5.74) is 8.89. The van der Waals surface area contributed by atoms with Crippen LogP contribution in [0.5, 0.6) is 5.75 Å². The van der Waals surface area contributed by atoms with E-state index < -0.39 is 6.23 Å². The molecule has 0 radical (unpaired) electrons. The number of fused-ring (bicyclic) bond motifs is 1. The number of carbonyl (C=O) groups excluding carboxylic acids is 2. The molecule has 9 nitrogen and oxygen atoms in total. The van der Waals surface area contributed by atoms with Gasteiger partial charge in [-0.05, 0) is 26.0 Å². The first-order valence-electron chi connectivity index (χ1n) is 8.11. The van der Waals surface area contributed by atoms with Crippen molar-refractivity contribution in [3.05, 3.63) is 17.7 Å². The standard InChI is InChI=1S/C16H22N6O3/c1-17-12-7-14-13(22(19-3)16(24)15(18-2)25-14)6-10(12)11-5-4-9(8-23)20-21-11/h6-9,15,17-20H,4-5H2,1-3H3. The number of hydrazine groups is 1. The van der Waals surface area contributed by atoms with Crippen molar-refractivity contribution in [2.45, 2.75) is 25.1 Å². The molecule has 1 aromatic carbocycles. The Hall–Kier alpha value is -2.65. The third kappa shape index (κ3) is 3.03. The van der Waals surface area contributed by atoms with Crippen molar-refractivity contribution in [3.8, 4) is 5.75 Å². The molecule has 0 fully saturated rings. The molecule has 9 heteroatoms. The Morgan fingerprint density at radius 3 is 2.72 bits per heavy atom. The molecular weight excluding hydrogens is 324 g/mol. The molecule has 2 aliphatic heterocycles. The summed E-state index contributed by atoms with van der Waals surface area (Å²) in [6.45, 7) is 0. The Morgan fingerprint density at radius 2 is 2.16 bits per heavy atom. The van der Waals surface area contributed by atoms with E-state index in [1.54, 1.807) is 14.1 Å². The number of hydrogen-bond donors (Lipinski definition) is 4. The second-order valence-electron chi connectivity index (χ2n) is 5.77. The van der Waals surface area contributed by atoms with E-state index in [-0.39, 0.29) is 11.9 Å². The van der Waals surface area contributed by atoms with E-state index in [4.69, 9.17) is 4.74 Å². The molecule has 0 saturated carbocycles. The van der Waals surface area contributed by atoms with E-state index in [1.165, 1.54) is 5.01 Å². The van der Waals surface area contributed by atoms with E-state index in [2.05, 4.69) is 26.6 Å². The van der Waals surface area contributed by atoms with Crippen LogP contribution in [0.25, 0.3) is 0 Å². The Labute approximate surface area is 145 Å². The number of amides is 1. The molecule has 0 bridgehead atoms. The van der Waals surface area contributed by atoms with Crippen molar-refractivity contribution in [2.75, 3.05) is 31.5 Å². The van der Waals surface area contributed by atoms with Crippen LogP contribution in [0.15, 0.2) is 17.2 Å². The Balaban J connectivity index is 2.04. The van der Waals surface area contributed by atoms with E-state index in [0.29, 0.717) is 24.3 Å². The predicted molar refractivity (Wildman–Crippen MR) is 94.8 cm³/mol. The van der Waals surface area contributed by atoms with E-state index in [9.17, 15) is 9.59 Å². The van der Waals surface area contributed by atoms with Gasteiger partial charge in [-0.2, -0.15) is 5.10 Å². The van der Waals surface area contributed by atoms with Crippen LogP contribution in [0.1, 0.15) is 18.4 Å². The number of nitrogens with zero attached hydrogens (tertiary/aromatic N) is 2. The molecule has 3 rings (SSSR count). The van der Waals surface area contributed by atoms with Gasteiger partial charge in [0.05, 0.1) is 11.8 Å². The highest BCUT2D eigenvalue weighted by molar-refractivity contribution is 6.08. The minimum atomic E-state index is -0.752. The third-order valence-corrected chi connectivity index (χ3v) is 4.32. The maximum absolute atomic E-state index is 12.5.